The van der Waals surface area contributed by atoms with E-state index in [-0.39, 0.29) is 18.2 Å². The van der Waals surface area contributed by atoms with Crippen molar-refractivity contribution in [3.8, 4) is 5.88 Å². The van der Waals surface area contributed by atoms with Gasteiger partial charge >= 0.3 is 12.1 Å². The van der Waals surface area contributed by atoms with Gasteiger partial charge < -0.3 is 9.84 Å². The maximum absolute atomic E-state index is 13.0. The lowest BCUT2D eigenvalue weighted by atomic mass is 10.2. The maximum Gasteiger partial charge on any atom is 0.433 e. The SMILES string of the molecule is Cc1nc(C(F)(F)F)ccc1COc1ncc(F)cc1C(=O)O. The van der Waals surface area contributed by atoms with Gasteiger partial charge in [0, 0.05) is 11.3 Å². The fourth-order valence-corrected chi connectivity index (χ4v) is 1.74. The molecule has 0 bridgehead atoms. The van der Waals surface area contributed by atoms with E-state index in [2.05, 4.69) is 9.97 Å². The summed E-state index contributed by atoms with van der Waals surface area (Å²) >= 11 is 0. The van der Waals surface area contributed by atoms with Crippen LogP contribution in [0.2, 0.25) is 0 Å². The van der Waals surface area contributed by atoms with Crippen LogP contribution in [-0.4, -0.2) is 21.0 Å². The number of carboxylic acids is 1. The zero-order chi connectivity index (χ0) is 17.2. The summed E-state index contributed by atoms with van der Waals surface area (Å²) in [6.45, 7) is 1.11. The highest BCUT2D eigenvalue weighted by Gasteiger charge is 2.32. The number of aromatic nitrogens is 2. The number of pyridine rings is 2. The van der Waals surface area contributed by atoms with E-state index in [4.69, 9.17) is 9.84 Å². The van der Waals surface area contributed by atoms with Crippen molar-refractivity contribution in [3.63, 3.8) is 0 Å². The Hall–Kier alpha value is -2.71. The van der Waals surface area contributed by atoms with Gasteiger partial charge in [0.2, 0.25) is 5.88 Å². The van der Waals surface area contributed by atoms with Gasteiger partial charge in [-0.2, -0.15) is 13.2 Å². The molecule has 0 aliphatic rings. The van der Waals surface area contributed by atoms with Crippen LogP contribution in [0.5, 0.6) is 5.88 Å². The minimum Gasteiger partial charge on any atom is -0.477 e. The highest BCUT2D eigenvalue weighted by molar-refractivity contribution is 5.90. The molecular formula is C14H10F4N2O3. The van der Waals surface area contributed by atoms with Crippen molar-refractivity contribution in [2.24, 2.45) is 0 Å². The highest BCUT2D eigenvalue weighted by Crippen LogP contribution is 2.28. The van der Waals surface area contributed by atoms with Crippen molar-refractivity contribution >= 4 is 5.97 Å². The van der Waals surface area contributed by atoms with Crippen molar-refractivity contribution < 1.29 is 32.2 Å². The van der Waals surface area contributed by atoms with Crippen LogP contribution in [0.25, 0.3) is 0 Å². The molecule has 0 atom stereocenters. The van der Waals surface area contributed by atoms with E-state index in [0.29, 0.717) is 5.56 Å². The molecule has 0 spiro atoms. The van der Waals surface area contributed by atoms with Gasteiger partial charge in [-0.15, -0.1) is 0 Å². The average molecular weight is 330 g/mol. The first-order valence-electron chi connectivity index (χ1n) is 6.24. The molecule has 0 fully saturated rings. The van der Waals surface area contributed by atoms with Crippen molar-refractivity contribution in [2.45, 2.75) is 19.7 Å². The molecule has 0 unspecified atom stereocenters. The van der Waals surface area contributed by atoms with E-state index < -0.39 is 29.2 Å². The van der Waals surface area contributed by atoms with Crippen LogP contribution in [-0.2, 0) is 12.8 Å². The fraction of sp³-hybridized carbons (Fsp3) is 0.214. The van der Waals surface area contributed by atoms with Gasteiger partial charge in [-0.25, -0.2) is 19.2 Å². The Morgan fingerprint density at radius 3 is 2.61 bits per heavy atom. The Morgan fingerprint density at radius 2 is 2.04 bits per heavy atom. The molecule has 2 rings (SSSR count). The molecule has 5 nitrogen and oxygen atoms in total. The van der Waals surface area contributed by atoms with Crippen molar-refractivity contribution in [2.75, 3.05) is 0 Å². The number of nitrogens with zero attached hydrogens (tertiary/aromatic N) is 2. The van der Waals surface area contributed by atoms with Gasteiger partial charge in [0.15, 0.2) is 0 Å². The van der Waals surface area contributed by atoms with Gasteiger partial charge in [0.25, 0.3) is 0 Å². The Labute approximate surface area is 127 Å². The van der Waals surface area contributed by atoms with Gasteiger partial charge in [0.1, 0.15) is 23.7 Å². The molecule has 0 amide bonds. The van der Waals surface area contributed by atoms with Crippen LogP contribution in [0.15, 0.2) is 24.4 Å². The van der Waals surface area contributed by atoms with E-state index in [1.807, 2.05) is 0 Å². The third kappa shape index (κ3) is 3.93. The van der Waals surface area contributed by atoms with E-state index in [1.54, 1.807) is 0 Å². The summed E-state index contributed by atoms with van der Waals surface area (Å²) in [5, 5.41) is 8.94. The second-order valence-corrected chi connectivity index (χ2v) is 4.54. The lowest BCUT2D eigenvalue weighted by Gasteiger charge is -2.11. The standard InChI is InChI=1S/C14H10F4N2O3/c1-7-8(2-3-11(20-7)14(16,17)18)6-23-12-10(13(21)22)4-9(15)5-19-12/h2-5H,6H2,1H3,(H,21,22). The molecule has 0 aliphatic carbocycles. The number of hydrogen-bond donors (Lipinski definition) is 1. The molecular weight excluding hydrogens is 320 g/mol. The van der Waals surface area contributed by atoms with E-state index in [1.165, 1.54) is 13.0 Å². The molecule has 122 valence electrons. The zero-order valence-electron chi connectivity index (χ0n) is 11.7. The Bertz CT molecular complexity index is 747. The number of alkyl halides is 3. The first kappa shape index (κ1) is 16.7. The number of rotatable bonds is 4. The van der Waals surface area contributed by atoms with Crippen molar-refractivity contribution in [3.05, 3.63) is 52.7 Å². The number of hydrogen-bond acceptors (Lipinski definition) is 4. The van der Waals surface area contributed by atoms with Gasteiger partial charge in [-0.1, -0.05) is 6.07 Å². The molecule has 0 saturated heterocycles. The lowest BCUT2D eigenvalue weighted by molar-refractivity contribution is -0.141. The lowest BCUT2D eigenvalue weighted by Crippen LogP contribution is -2.11. The van der Waals surface area contributed by atoms with Crippen LogP contribution in [0.3, 0.4) is 0 Å². The topological polar surface area (TPSA) is 72.3 Å². The average Bonchev–Trinajstić information content (AvgIpc) is 2.45. The summed E-state index contributed by atoms with van der Waals surface area (Å²) in [6.07, 6.45) is -3.78. The van der Waals surface area contributed by atoms with Crippen LogP contribution in [0.4, 0.5) is 17.6 Å². The minimum atomic E-state index is -4.56. The molecule has 2 heterocycles. The second-order valence-electron chi connectivity index (χ2n) is 4.54. The van der Waals surface area contributed by atoms with Crippen LogP contribution >= 0.6 is 0 Å². The second kappa shape index (κ2) is 6.19. The third-order valence-corrected chi connectivity index (χ3v) is 2.90. The molecule has 0 aromatic carbocycles. The van der Waals surface area contributed by atoms with E-state index in [0.717, 1.165) is 18.3 Å². The molecule has 2 aromatic heterocycles. The summed E-state index contributed by atoms with van der Waals surface area (Å²) in [4.78, 5) is 17.9. The van der Waals surface area contributed by atoms with Crippen LogP contribution in [0.1, 0.15) is 27.3 Å². The first-order chi connectivity index (χ1) is 10.7. The quantitative estimate of drug-likeness (QED) is 0.872. The Balaban J connectivity index is 2.20. The molecule has 2 aromatic rings. The fourth-order valence-electron chi connectivity index (χ4n) is 1.74. The molecule has 0 saturated carbocycles. The number of carboxylic acid groups (broad SMARTS) is 1. The number of aryl methyl sites for hydroxylation is 1. The van der Waals surface area contributed by atoms with Crippen LogP contribution in [0, 0.1) is 12.7 Å². The predicted molar refractivity (Wildman–Crippen MR) is 69.5 cm³/mol. The summed E-state index contributed by atoms with van der Waals surface area (Å²) in [7, 11) is 0. The summed E-state index contributed by atoms with van der Waals surface area (Å²) in [6, 6.07) is 2.71. The van der Waals surface area contributed by atoms with Crippen molar-refractivity contribution in [1.29, 1.82) is 0 Å². The molecule has 0 aliphatic heterocycles. The van der Waals surface area contributed by atoms with E-state index >= 15 is 0 Å². The van der Waals surface area contributed by atoms with Gasteiger partial charge in [-0.3, -0.25) is 0 Å². The van der Waals surface area contributed by atoms with Gasteiger partial charge in [0.05, 0.1) is 6.20 Å². The molecule has 0 radical (unpaired) electrons. The number of ether oxygens (including phenoxy) is 1. The normalized spacial score (nSPS) is 11.3. The first-order valence-corrected chi connectivity index (χ1v) is 6.24. The smallest absolute Gasteiger partial charge is 0.433 e. The van der Waals surface area contributed by atoms with Crippen molar-refractivity contribution in [1.82, 2.24) is 9.97 Å². The zero-order valence-corrected chi connectivity index (χ0v) is 11.7. The number of halogens is 4. The summed E-state index contributed by atoms with van der Waals surface area (Å²) in [5.41, 5.74) is -1.12. The monoisotopic (exact) mass is 330 g/mol. The predicted octanol–water partition coefficient (Wildman–Crippen LogP) is 3.22. The maximum atomic E-state index is 13.0. The number of carbonyl (C=O) groups is 1. The Morgan fingerprint density at radius 1 is 1.35 bits per heavy atom. The summed E-state index contributed by atoms with van der Waals surface area (Å²) in [5.74, 6) is -2.62. The van der Waals surface area contributed by atoms with Crippen LogP contribution < -0.4 is 4.74 Å². The largest absolute Gasteiger partial charge is 0.477 e. The summed E-state index contributed by atoms with van der Waals surface area (Å²) < 4.78 is 55.7. The third-order valence-electron chi connectivity index (χ3n) is 2.90. The molecule has 23 heavy (non-hydrogen) atoms. The molecule has 1 N–H and O–H groups in total. The van der Waals surface area contributed by atoms with E-state index in [9.17, 15) is 22.4 Å². The Kier molecular flexibility index (Phi) is 4.48. The van der Waals surface area contributed by atoms with Gasteiger partial charge in [-0.05, 0) is 19.1 Å². The number of aromatic carboxylic acids is 1. The molecule has 9 heteroatoms. The minimum absolute atomic E-state index is 0.0822. The highest BCUT2D eigenvalue weighted by atomic mass is 19.4.